The number of rotatable bonds is 3. The molecular formula is C10H10Cl2INO. The summed E-state index contributed by atoms with van der Waals surface area (Å²) in [5, 5.41) is 3.33. The van der Waals surface area contributed by atoms with Gasteiger partial charge >= 0.3 is 0 Å². The summed E-state index contributed by atoms with van der Waals surface area (Å²) in [6, 6.07) is 5.17. The average molecular weight is 358 g/mol. The summed E-state index contributed by atoms with van der Waals surface area (Å²) in [6.45, 7) is 1.85. The smallest absolute Gasteiger partial charge is 0.252 e. The van der Waals surface area contributed by atoms with E-state index in [-0.39, 0.29) is 11.9 Å². The number of hydrogen-bond donors (Lipinski definition) is 1. The van der Waals surface area contributed by atoms with Crippen molar-refractivity contribution in [2.24, 2.45) is 0 Å². The second kappa shape index (κ2) is 5.92. The third kappa shape index (κ3) is 3.81. The Bertz CT molecular complexity index is 370. The van der Waals surface area contributed by atoms with Crippen LogP contribution < -0.4 is 5.32 Å². The van der Waals surface area contributed by atoms with E-state index in [2.05, 4.69) is 27.9 Å². The molecule has 1 rings (SSSR count). The zero-order chi connectivity index (χ0) is 11.4. The Kier molecular flexibility index (Phi) is 5.15. The van der Waals surface area contributed by atoms with Crippen molar-refractivity contribution in [2.75, 3.05) is 5.88 Å². The topological polar surface area (TPSA) is 29.1 Å². The fourth-order valence-corrected chi connectivity index (χ4v) is 1.84. The van der Waals surface area contributed by atoms with Crippen LogP contribution in [0.2, 0.25) is 5.02 Å². The monoisotopic (exact) mass is 357 g/mol. The SMILES string of the molecule is CC(CCl)NC(=O)c1cc(Cl)ccc1I. The van der Waals surface area contributed by atoms with E-state index in [9.17, 15) is 4.79 Å². The molecule has 1 aromatic rings. The van der Waals surface area contributed by atoms with Gasteiger partial charge in [-0.05, 0) is 47.7 Å². The van der Waals surface area contributed by atoms with Crippen molar-refractivity contribution in [3.63, 3.8) is 0 Å². The molecule has 0 aliphatic carbocycles. The van der Waals surface area contributed by atoms with Gasteiger partial charge in [0.25, 0.3) is 5.91 Å². The van der Waals surface area contributed by atoms with E-state index in [1.165, 1.54) is 0 Å². The van der Waals surface area contributed by atoms with Gasteiger partial charge in [-0.2, -0.15) is 0 Å². The zero-order valence-corrected chi connectivity index (χ0v) is 11.7. The maximum Gasteiger partial charge on any atom is 0.252 e. The van der Waals surface area contributed by atoms with Crippen molar-refractivity contribution in [3.05, 3.63) is 32.4 Å². The molecule has 0 fully saturated rings. The Balaban J connectivity index is 2.86. The fourth-order valence-electron chi connectivity index (χ4n) is 1.01. The molecule has 0 spiro atoms. The number of alkyl halides is 1. The highest BCUT2D eigenvalue weighted by molar-refractivity contribution is 14.1. The Morgan fingerprint density at radius 1 is 1.60 bits per heavy atom. The first-order chi connectivity index (χ1) is 7.04. The van der Waals surface area contributed by atoms with Gasteiger partial charge in [0.05, 0.1) is 5.56 Å². The molecular weight excluding hydrogens is 348 g/mol. The largest absolute Gasteiger partial charge is 0.348 e. The molecule has 0 radical (unpaired) electrons. The van der Waals surface area contributed by atoms with Gasteiger partial charge < -0.3 is 5.32 Å². The highest BCUT2D eigenvalue weighted by atomic mass is 127. The van der Waals surface area contributed by atoms with Crippen LogP contribution in [0.4, 0.5) is 0 Å². The van der Waals surface area contributed by atoms with Crippen molar-refractivity contribution >= 4 is 51.7 Å². The third-order valence-electron chi connectivity index (χ3n) is 1.78. The van der Waals surface area contributed by atoms with E-state index in [4.69, 9.17) is 23.2 Å². The molecule has 0 heterocycles. The molecule has 1 amide bonds. The lowest BCUT2D eigenvalue weighted by molar-refractivity contribution is 0.0942. The summed E-state index contributed by atoms with van der Waals surface area (Å²) in [6.07, 6.45) is 0. The number of halogens is 3. The van der Waals surface area contributed by atoms with Crippen molar-refractivity contribution in [1.29, 1.82) is 0 Å². The van der Waals surface area contributed by atoms with E-state index in [1.54, 1.807) is 12.1 Å². The zero-order valence-electron chi connectivity index (χ0n) is 8.06. The van der Waals surface area contributed by atoms with E-state index in [0.717, 1.165) is 3.57 Å². The van der Waals surface area contributed by atoms with Crippen LogP contribution in [0.1, 0.15) is 17.3 Å². The number of carbonyl (C=O) groups excluding carboxylic acids is 1. The predicted molar refractivity (Wildman–Crippen MR) is 71.8 cm³/mol. The van der Waals surface area contributed by atoms with Gasteiger partial charge in [0.1, 0.15) is 0 Å². The molecule has 1 N–H and O–H groups in total. The molecule has 1 unspecified atom stereocenters. The lowest BCUT2D eigenvalue weighted by Gasteiger charge is -2.11. The summed E-state index contributed by atoms with van der Waals surface area (Å²) in [5.41, 5.74) is 0.583. The standard InChI is InChI=1S/C10H10Cl2INO/c1-6(5-11)14-10(15)8-4-7(12)2-3-9(8)13/h2-4,6H,5H2,1H3,(H,14,15). The first kappa shape index (κ1) is 13.1. The van der Waals surface area contributed by atoms with Gasteiger partial charge in [-0.1, -0.05) is 11.6 Å². The van der Waals surface area contributed by atoms with E-state index in [0.29, 0.717) is 16.5 Å². The number of carbonyl (C=O) groups is 1. The Morgan fingerprint density at radius 2 is 2.27 bits per heavy atom. The Labute approximate surface area is 112 Å². The van der Waals surface area contributed by atoms with Crippen molar-refractivity contribution in [1.82, 2.24) is 5.32 Å². The summed E-state index contributed by atoms with van der Waals surface area (Å²) in [5.74, 6) is 0.248. The molecule has 0 saturated heterocycles. The molecule has 15 heavy (non-hydrogen) atoms. The maximum atomic E-state index is 11.8. The van der Waals surface area contributed by atoms with Gasteiger partial charge in [-0.25, -0.2) is 0 Å². The number of hydrogen-bond acceptors (Lipinski definition) is 1. The molecule has 1 aromatic carbocycles. The Morgan fingerprint density at radius 3 is 2.87 bits per heavy atom. The highest BCUT2D eigenvalue weighted by Gasteiger charge is 2.12. The maximum absolute atomic E-state index is 11.8. The van der Waals surface area contributed by atoms with Gasteiger partial charge in [-0.15, -0.1) is 11.6 Å². The van der Waals surface area contributed by atoms with Gasteiger partial charge in [-0.3, -0.25) is 4.79 Å². The van der Waals surface area contributed by atoms with E-state index >= 15 is 0 Å². The fraction of sp³-hybridized carbons (Fsp3) is 0.300. The van der Waals surface area contributed by atoms with Crippen molar-refractivity contribution in [3.8, 4) is 0 Å². The average Bonchev–Trinajstić information content (AvgIpc) is 2.21. The second-order valence-corrected chi connectivity index (χ2v) is 5.06. The van der Waals surface area contributed by atoms with Crippen LogP contribution in [-0.4, -0.2) is 17.8 Å². The molecule has 82 valence electrons. The quantitative estimate of drug-likeness (QED) is 0.652. The van der Waals surface area contributed by atoms with Crippen molar-refractivity contribution in [2.45, 2.75) is 13.0 Å². The lowest BCUT2D eigenvalue weighted by atomic mass is 10.2. The van der Waals surface area contributed by atoms with Gasteiger partial charge in [0.2, 0.25) is 0 Å². The van der Waals surface area contributed by atoms with E-state index < -0.39 is 0 Å². The Hall–Kier alpha value is -0.000000000000000111. The summed E-state index contributed by atoms with van der Waals surface area (Å²) >= 11 is 13.5. The van der Waals surface area contributed by atoms with Crippen LogP contribution in [-0.2, 0) is 0 Å². The second-order valence-electron chi connectivity index (χ2n) is 3.15. The molecule has 0 aliphatic rings. The van der Waals surface area contributed by atoms with Crippen LogP contribution in [0.5, 0.6) is 0 Å². The van der Waals surface area contributed by atoms with E-state index in [1.807, 2.05) is 13.0 Å². The highest BCUT2D eigenvalue weighted by Crippen LogP contribution is 2.17. The lowest BCUT2D eigenvalue weighted by Crippen LogP contribution is -2.34. The molecule has 0 aliphatic heterocycles. The molecule has 1 atom stereocenters. The van der Waals surface area contributed by atoms with Crippen LogP contribution in [0.3, 0.4) is 0 Å². The molecule has 2 nitrogen and oxygen atoms in total. The predicted octanol–water partition coefficient (Wildman–Crippen LogP) is 3.30. The molecule has 0 saturated carbocycles. The summed E-state index contributed by atoms with van der Waals surface area (Å²) < 4.78 is 0.872. The van der Waals surface area contributed by atoms with Crippen LogP contribution in [0, 0.1) is 3.57 Å². The minimum Gasteiger partial charge on any atom is -0.348 e. The third-order valence-corrected chi connectivity index (χ3v) is 3.42. The molecule has 0 aromatic heterocycles. The van der Waals surface area contributed by atoms with Gasteiger partial charge in [0, 0.05) is 20.5 Å². The van der Waals surface area contributed by atoms with Crippen molar-refractivity contribution < 1.29 is 4.79 Å². The molecule has 0 bridgehead atoms. The summed E-state index contributed by atoms with van der Waals surface area (Å²) in [4.78, 5) is 11.8. The minimum absolute atomic E-state index is 0.0473. The van der Waals surface area contributed by atoms with Crippen LogP contribution >= 0.6 is 45.8 Å². The van der Waals surface area contributed by atoms with Crippen LogP contribution in [0.15, 0.2) is 18.2 Å². The minimum atomic E-state index is -0.143. The van der Waals surface area contributed by atoms with Gasteiger partial charge in [0.15, 0.2) is 0 Å². The number of benzene rings is 1. The summed E-state index contributed by atoms with van der Waals surface area (Å²) in [7, 11) is 0. The number of nitrogens with one attached hydrogen (secondary N) is 1. The first-order valence-corrected chi connectivity index (χ1v) is 6.35. The normalized spacial score (nSPS) is 12.3. The first-order valence-electron chi connectivity index (χ1n) is 4.36. The molecule has 5 heteroatoms. The van der Waals surface area contributed by atoms with Crippen LogP contribution in [0.25, 0.3) is 0 Å². The number of amides is 1.